The first kappa shape index (κ1) is 20.3. The Morgan fingerprint density at radius 1 is 0.926 bits per heavy atom. The molecule has 0 saturated heterocycles. The molecule has 2 aromatic carbocycles. The van der Waals surface area contributed by atoms with Crippen LogP contribution < -0.4 is 10.1 Å². The van der Waals surface area contributed by atoms with Gasteiger partial charge in [0.2, 0.25) is 0 Å². The molecule has 0 radical (unpaired) electrons. The van der Waals surface area contributed by atoms with E-state index in [0.29, 0.717) is 5.75 Å². The lowest BCUT2D eigenvalue weighted by molar-refractivity contribution is -0.159. The third-order valence-electron chi connectivity index (χ3n) is 3.53. The molecule has 1 N–H and O–H groups in total. The number of benzene rings is 2. The molecule has 0 bridgehead atoms. The molecule has 2 aromatic rings. The standard InChI is InChI=1S/C19H18F3NO4/c1-12(27-18(25)13(2)26-16-6-4-3-5-7-16)17(24)23-15-10-8-14(9-11-15)19(20,21)22/h3-13H,1-2H3,(H,23,24)/t12-,13+/m1/s1. The Hall–Kier alpha value is -3.03. The molecule has 2 rings (SSSR count). The second-order valence-electron chi connectivity index (χ2n) is 5.72. The molecule has 2 atom stereocenters. The molecular formula is C19H18F3NO4. The number of rotatable bonds is 6. The largest absolute Gasteiger partial charge is 0.479 e. The average molecular weight is 381 g/mol. The fraction of sp³-hybridized carbons (Fsp3) is 0.263. The fourth-order valence-corrected chi connectivity index (χ4v) is 2.06. The van der Waals surface area contributed by atoms with Gasteiger partial charge in [-0.05, 0) is 50.2 Å². The maximum absolute atomic E-state index is 12.5. The van der Waals surface area contributed by atoms with Gasteiger partial charge in [0.05, 0.1) is 5.56 Å². The van der Waals surface area contributed by atoms with Crippen LogP contribution >= 0.6 is 0 Å². The minimum absolute atomic E-state index is 0.157. The quantitative estimate of drug-likeness (QED) is 0.767. The van der Waals surface area contributed by atoms with Crippen molar-refractivity contribution in [3.8, 4) is 5.75 Å². The molecule has 0 aliphatic heterocycles. The molecule has 0 heterocycles. The SMILES string of the molecule is C[C@H](Oc1ccccc1)C(=O)O[C@H](C)C(=O)Nc1ccc(C(F)(F)F)cc1. The summed E-state index contributed by atoms with van der Waals surface area (Å²) >= 11 is 0. The minimum Gasteiger partial charge on any atom is -0.479 e. The predicted molar refractivity (Wildman–Crippen MR) is 92.2 cm³/mol. The molecule has 0 aliphatic carbocycles. The van der Waals surface area contributed by atoms with Crippen LogP contribution in [0.4, 0.5) is 18.9 Å². The first-order chi connectivity index (χ1) is 12.7. The van der Waals surface area contributed by atoms with Crippen LogP contribution in [-0.2, 0) is 20.5 Å². The Morgan fingerprint density at radius 3 is 2.07 bits per heavy atom. The van der Waals surface area contributed by atoms with Crippen LogP contribution in [0.25, 0.3) is 0 Å². The van der Waals surface area contributed by atoms with E-state index in [0.717, 1.165) is 24.3 Å². The molecular weight excluding hydrogens is 363 g/mol. The number of anilines is 1. The smallest absolute Gasteiger partial charge is 0.416 e. The number of carbonyl (C=O) groups excluding carboxylic acids is 2. The van der Waals surface area contributed by atoms with Crippen LogP contribution in [0.2, 0.25) is 0 Å². The van der Waals surface area contributed by atoms with Gasteiger partial charge in [0, 0.05) is 5.69 Å². The summed E-state index contributed by atoms with van der Waals surface area (Å²) in [5, 5.41) is 2.39. The summed E-state index contributed by atoms with van der Waals surface area (Å²) < 4.78 is 48.0. The van der Waals surface area contributed by atoms with Crippen molar-refractivity contribution in [3.63, 3.8) is 0 Å². The summed E-state index contributed by atoms with van der Waals surface area (Å²) in [6.07, 6.45) is -6.55. The molecule has 144 valence electrons. The summed E-state index contributed by atoms with van der Waals surface area (Å²) in [6, 6.07) is 12.6. The molecule has 0 aromatic heterocycles. The number of alkyl halides is 3. The summed E-state index contributed by atoms with van der Waals surface area (Å²) in [5.41, 5.74) is -0.670. The van der Waals surface area contributed by atoms with Crippen molar-refractivity contribution < 1.29 is 32.2 Å². The Balaban J connectivity index is 1.88. The number of para-hydroxylation sites is 1. The lowest BCUT2D eigenvalue weighted by Crippen LogP contribution is -2.35. The van der Waals surface area contributed by atoms with E-state index in [4.69, 9.17) is 9.47 Å². The maximum Gasteiger partial charge on any atom is 0.416 e. The van der Waals surface area contributed by atoms with Crippen LogP contribution in [-0.4, -0.2) is 24.1 Å². The number of esters is 1. The summed E-state index contributed by atoms with van der Waals surface area (Å²) in [7, 11) is 0. The highest BCUT2D eigenvalue weighted by molar-refractivity contribution is 5.95. The third kappa shape index (κ3) is 6.02. The van der Waals surface area contributed by atoms with Crippen LogP contribution in [0.1, 0.15) is 19.4 Å². The third-order valence-corrected chi connectivity index (χ3v) is 3.53. The van der Waals surface area contributed by atoms with E-state index in [9.17, 15) is 22.8 Å². The zero-order valence-electron chi connectivity index (χ0n) is 14.6. The number of amides is 1. The highest BCUT2D eigenvalue weighted by atomic mass is 19.4. The van der Waals surface area contributed by atoms with Gasteiger partial charge in [0.1, 0.15) is 5.75 Å². The molecule has 0 spiro atoms. The van der Waals surface area contributed by atoms with Gasteiger partial charge in [0.15, 0.2) is 12.2 Å². The van der Waals surface area contributed by atoms with E-state index in [1.807, 2.05) is 0 Å². The van der Waals surface area contributed by atoms with E-state index in [1.165, 1.54) is 13.8 Å². The van der Waals surface area contributed by atoms with Crippen molar-refractivity contribution in [2.45, 2.75) is 32.2 Å². The van der Waals surface area contributed by atoms with Gasteiger partial charge in [-0.25, -0.2) is 4.79 Å². The number of hydrogen-bond donors (Lipinski definition) is 1. The average Bonchev–Trinajstić information content (AvgIpc) is 2.62. The van der Waals surface area contributed by atoms with E-state index in [-0.39, 0.29) is 5.69 Å². The van der Waals surface area contributed by atoms with Crippen molar-refractivity contribution in [1.29, 1.82) is 0 Å². The van der Waals surface area contributed by atoms with Crippen molar-refractivity contribution in [3.05, 3.63) is 60.2 Å². The topological polar surface area (TPSA) is 64.6 Å². The first-order valence-corrected chi connectivity index (χ1v) is 8.07. The molecule has 5 nitrogen and oxygen atoms in total. The first-order valence-electron chi connectivity index (χ1n) is 8.07. The Morgan fingerprint density at radius 2 is 1.52 bits per heavy atom. The molecule has 0 saturated carbocycles. The van der Waals surface area contributed by atoms with Crippen molar-refractivity contribution in [1.82, 2.24) is 0 Å². The van der Waals surface area contributed by atoms with Crippen molar-refractivity contribution in [2.24, 2.45) is 0 Å². The minimum atomic E-state index is -4.46. The Labute approximate surface area is 154 Å². The van der Waals surface area contributed by atoms with Gasteiger partial charge in [-0.15, -0.1) is 0 Å². The van der Waals surface area contributed by atoms with Gasteiger partial charge in [-0.1, -0.05) is 18.2 Å². The molecule has 27 heavy (non-hydrogen) atoms. The molecule has 1 amide bonds. The van der Waals surface area contributed by atoms with Crippen LogP contribution in [0.5, 0.6) is 5.75 Å². The number of carbonyl (C=O) groups is 2. The van der Waals surface area contributed by atoms with E-state index < -0.39 is 35.8 Å². The van der Waals surface area contributed by atoms with Gasteiger partial charge < -0.3 is 14.8 Å². The van der Waals surface area contributed by atoms with Crippen molar-refractivity contribution in [2.75, 3.05) is 5.32 Å². The predicted octanol–water partition coefficient (Wildman–Crippen LogP) is 4.04. The van der Waals surface area contributed by atoms with Crippen LogP contribution in [0.3, 0.4) is 0 Å². The summed E-state index contributed by atoms with van der Waals surface area (Å²) in [5.74, 6) is -0.937. The molecule has 0 aliphatic rings. The molecule has 8 heteroatoms. The van der Waals surface area contributed by atoms with Crippen molar-refractivity contribution >= 4 is 17.6 Å². The van der Waals surface area contributed by atoms with Gasteiger partial charge in [-0.2, -0.15) is 13.2 Å². The fourth-order valence-electron chi connectivity index (χ4n) is 2.06. The normalized spacial score (nSPS) is 13.4. The molecule has 0 fully saturated rings. The van der Waals surface area contributed by atoms with E-state index >= 15 is 0 Å². The number of halogens is 3. The van der Waals surface area contributed by atoms with Gasteiger partial charge >= 0.3 is 12.1 Å². The summed E-state index contributed by atoms with van der Waals surface area (Å²) in [6.45, 7) is 2.84. The molecule has 0 unspecified atom stereocenters. The second-order valence-corrected chi connectivity index (χ2v) is 5.72. The highest BCUT2D eigenvalue weighted by Gasteiger charge is 2.30. The number of nitrogens with one attached hydrogen (secondary N) is 1. The Kier molecular flexibility index (Phi) is 6.44. The van der Waals surface area contributed by atoms with Crippen LogP contribution in [0, 0.1) is 0 Å². The summed E-state index contributed by atoms with van der Waals surface area (Å²) in [4.78, 5) is 24.1. The maximum atomic E-state index is 12.5. The zero-order valence-corrected chi connectivity index (χ0v) is 14.6. The van der Waals surface area contributed by atoms with E-state index in [1.54, 1.807) is 30.3 Å². The zero-order chi connectivity index (χ0) is 20.0. The van der Waals surface area contributed by atoms with Crippen LogP contribution in [0.15, 0.2) is 54.6 Å². The lowest BCUT2D eigenvalue weighted by atomic mass is 10.2. The Bertz CT molecular complexity index is 776. The van der Waals surface area contributed by atoms with Gasteiger partial charge in [0.25, 0.3) is 5.91 Å². The monoisotopic (exact) mass is 381 g/mol. The number of ether oxygens (including phenoxy) is 2. The van der Waals surface area contributed by atoms with E-state index in [2.05, 4.69) is 5.32 Å². The van der Waals surface area contributed by atoms with Gasteiger partial charge in [-0.3, -0.25) is 4.79 Å². The second kappa shape index (κ2) is 8.57. The highest BCUT2D eigenvalue weighted by Crippen LogP contribution is 2.29. The lowest BCUT2D eigenvalue weighted by Gasteiger charge is -2.18. The number of hydrogen-bond acceptors (Lipinski definition) is 4.